The topological polar surface area (TPSA) is 55.9 Å². The van der Waals surface area contributed by atoms with E-state index in [-0.39, 0.29) is 11.9 Å². The molecule has 1 aliphatic heterocycles. The minimum absolute atomic E-state index is 0.0362. The second-order valence-corrected chi connectivity index (χ2v) is 7.36. The molecule has 1 aromatic carbocycles. The normalized spacial score (nSPS) is 17.6. The van der Waals surface area contributed by atoms with Crippen LogP contribution in [0.3, 0.4) is 0 Å². The number of benzene rings is 1. The van der Waals surface area contributed by atoms with Crippen LogP contribution in [-0.4, -0.2) is 73.5 Å². The van der Waals surface area contributed by atoms with Gasteiger partial charge < -0.3 is 15.1 Å². The summed E-state index contributed by atoms with van der Waals surface area (Å²) >= 11 is 0. The minimum Gasteiger partial charge on any atom is -0.345 e. The largest absolute Gasteiger partial charge is 0.345 e. The predicted molar refractivity (Wildman–Crippen MR) is 104 cm³/mol. The molecular weight excluding hydrogens is 328 g/mol. The lowest BCUT2D eigenvalue weighted by Crippen LogP contribution is -2.45. The van der Waals surface area contributed by atoms with Crippen LogP contribution in [0, 0.1) is 0 Å². The highest BCUT2D eigenvalue weighted by molar-refractivity contribution is 5.94. The Morgan fingerprint density at radius 2 is 2.00 bits per heavy atom. The zero-order valence-electron chi connectivity index (χ0n) is 16.5. The highest BCUT2D eigenvalue weighted by Crippen LogP contribution is 2.15. The fourth-order valence-corrected chi connectivity index (χ4v) is 3.25. The molecule has 0 aromatic heterocycles. The third-order valence-corrected chi connectivity index (χ3v) is 5.03. The van der Waals surface area contributed by atoms with Crippen LogP contribution in [0.15, 0.2) is 24.3 Å². The zero-order chi connectivity index (χ0) is 19.1. The minimum atomic E-state index is -0.0843. The third-order valence-electron chi connectivity index (χ3n) is 5.03. The molecule has 1 aliphatic rings. The molecule has 26 heavy (non-hydrogen) atoms. The van der Waals surface area contributed by atoms with Crippen molar-refractivity contribution in [2.75, 3.05) is 40.8 Å². The summed E-state index contributed by atoms with van der Waals surface area (Å²) in [6.45, 7) is 5.44. The van der Waals surface area contributed by atoms with E-state index in [0.717, 1.165) is 25.2 Å². The Morgan fingerprint density at radius 3 is 2.69 bits per heavy atom. The number of carbonyl (C=O) groups excluding carboxylic acids is 2. The maximum atomic E-state index is 12.3. The van der Waals surface area contributed by atoms with Gasteiger partial charge in [-0.25, -0.2) is 4.79 Å². The van der Waals surface area contributed by atoms with Crippen LogP contribution in [0.5, 0.6) is 0 Å². The lowest BCUT2D eigenvalue weighted by atomic mass is 10.0. The highest BCUT2D eigenvalue weighted by Gasteiger charge is 2.19. The molecule has 144 valence electrons. The van der Waals surface area contributed by atoms with E-state index in [4.69, 9.17) is 0 Å². The van der Waals surface area contributed by atoms with E-state index in [0.29, 0.717) is 18.2 Å². The van der Waals surface area contributed by atoms with Crippen LogP contribution in [0.1, 0.15) is 42.1 Å². The van der Waals surface area contributed by atoms with Crippen molar-refractivity contribution in [1.82, 2.24) is 20.0 Å². The molecule has 1 atom stereocenters. The molecule has 6 nitrogen and oxygen atoms in total. The fraction of sp³-hybridized carbons (Fsp3) is 0.600. The molecule has 0 bridgehead atoms. The van der Waals surface area contributed by atoms with Crippen LogP contribution in [0.4, 0.5) is 4.79 Å². The number of amides is 3. The molecule has 2 rings (SSSR count). The third kappa shape index (κ3) is 5.73. The van der Waals surface area contributed by atoms with Gasteiger partial charge in [0.25, 0.3) is 5.91 Å². The maximum absolute atomic E-state index is 12.3. The molecule has 0 unspecified atom stereocenters. The van der Waals surface area contributed by atoms with Gasteiger partial charge in [0.2, 0.25) is 0 Å². The van der Waals surface area contributed by atoms with Gasteiger partial charge in [-0.05, 0) is 44.0 Å². The second-order valence-electron chi connectivity index (χ2n) is 7.36. The number of likely N-dealkylation sites (tertiary alicyclic amines) is 1. The average molecular weight is 361 g/mol. The van der Waals surface area contributed by atoms with Gasteiger partial charge in [-0.15, -0.1) is 0 Å². The van der Waals surface area contributed by atoms with Gasteiger partial charge in [-0.2, -0.15) is 0 Å². The Kier molecular flexibility index (Phi) is 7.45. The number of nitrogens with one attached hydrogen (secondary N) is 1. The van der Waals surface area contributed by atoms with Gasteiger partial charge in [-0.3, -0.25) is 9.69 Å². The van der Waals surface area contributed by atoms with E-state index in [1.807, 2.05) is 25.2 Å². The molecule has 1 N–H and O–H groups in total. The first-order valence-electron chi connectivity index (χ1n) is 9.42. The van der Waals surface area contributed by atoms with E-state index in [1.165, 1.54) is 19.3 Å². The molecule has 6 heteroatoms. The molecular formula is C20H32N4O2. The first kappa shape index (κ1) is 20.2. The van der Waals surface area contributed by atoms with E-state index < -0.39 is 0 Å². The number of hydrogen-bond acceptors (Lipinski definition) is 3. The molecule has 1 heterocycles. The Hall–Kier alpha value is -2.08. The van der Waals surface area contributed by atoms with E-state index >= 15 is 0 Å². The number of nitrogens with zero attached hydrogens (tertiary/aromatic N) is 3. The van der Waals surface area contributed by atoms with Crippen molar-refractivity contribution in [2.45, 2.75) is 38.8 Å². The van der Waals surface area contributed by atoms with Gasteiger partial charge in [-0.1, -0.05) is 18.6 Å². The van der Waals surface area contributed by atoms with E-state index in [1.54, 1.807) is 30.0 Å². The Bertz CT molecular complexity index is 618. The SMILES string of the molecule is C[C@@H]1CCCCN1CCN(C)C(=O)NCc1cccc(C(=O)N(C)C)c1. The van der Waals surface area contributed by atoms with Gasteiger partial charge in [0.1, 0.15) is 0 Å². The van der Waals surface area contributed by atoms with Crippen molar-refractivity contribution in [2.24, 2.45) is 0 Å². The average Bonchev–Trinajstić information content (AvgIpc) is 2.64. The van der Waals surface area contributed by atoms with Gasteiger partial charge >= 0.3 is 6.03 Å². The number of likely N-dealkylation sites (N-methyl/N-ethyl adjacent to an activating group) is 1. The molecule has 1 fully saturated rings. The van der Waals surface area contributed by atoms with Crippen molar-refractivity contribution < 1.29 is 9.59 Å². The van der Waals surface area contributed by atoms with Crippen LogP contribution >= 0.6 is 0 Å². The monoisotopic (exact) mass is 360 g/mol. The molecule has 1 aromatic rings. The molecule has 3 amide bonds. The van der Waals surface area contributed by atoms with Crippen LogP contribution < -0.4 is 5.32 Å². The molecule has 0 aliphatic carbocycles. The summed E-state index contributed by atoms with van der Waals surface area (Å²) in [6.07, 6.45) is 3.81. The fourth-order valence-electron chi connectivity index (χ4n) is 3.25. The molecule has 0 saturated carbocycles. The molecule has 0 spiro atoms. The van der Waals surface area contributed by atoms with Crippen molar-refractivity contribution in [3.8, 4) is 0 Å². The number of carbonyl (C=O) groups is 2. The van der Waals surface area contributed by atoms with Crippen molar-refractivity contribution in [3.63, 3.8) is 0 Å². The van der Waals surface area contributed by atoms with E-state index in [9.17, 15) is 9.59 Å². The van der Waals surface area contributed by atoms with Crippen LogP contribution in [0.25, 0.3) is 0 Å². The predicted octanol–water partition coefficient (Wildman–Crippen LogP) is 2.40. The highest BCUT2D eigenvalue weighted by atomic mass is 16.2. The smallest absolute Gasteiger partial charge is 0.317 e. The maximum Gasteiger partial charge on any atom is 0.317 e. The summed E-state index contributed by atoms with van der Waals surface area (Å²) in [5.41, 5.74) is 1.55. The summed E-state index contributed by atoms with van der Waals surface area (Å²) in [5.74, 6) is -0.0362. The van der Waals surface area contributed by atoms with Crippen molar-refractivity contribution >= 4 is 11.9 Å². The van der Waals surface area contributed by atoms with Crippen molar-refractivity contribution in [1.29, 1.82) is 0 Å². The Balaban J connectivity index is 1.80. The molecule has 1 saturated heterocycles. The summed E-state index contributed by atoms with van der Waals surface area (Å²) in [5, 5.41) is 2.94. The number of hydrogen-bond donors (Lipinski definition) is 1. The zero-order valence-corrected chi connectivity index (χ0v) is 16.5. The number of rotatable bonds is 6. The Labute approximate surface area is 157 Å². The van der Waals surface area contributed by atoms with E-state index in [2.05, 4.69) is 17.1 Å². The van der Waals surface area contributed by atoms with Crippen LogP contribution in [0.2, 0.25) is 0 Å². The summed E-state index contributed by atoms with van der Waals surface area (Å²) in [6, 6.07) is 7.91. The first-order valence-corrected chi connectivity index (χ1v) is 9.42. The lowest BCUT2D eigenvalue weighted by molar-refractivity contribution is 0.0827. The number of urea groups is 1. The van der Waals surface area contributed by atoms with Crippen LogP contribution in [-0.2, 0) is 6.54 Å². The van der Waals surface area contributed by atoms with Gasteiger partial charge in [0, 0.05) is 52.4 Å². The summed E-state index contributed by atoms with van der Waals surface area (Å²) in [4.78, 5) is 30.1. The number of piperidine rings is 1. The van der Waals surface area contributed by atoms with Gasteiger partial charge in [0.15, 0.2) is 0 Å². The molecule has 0 radical (unpaired) electrons. The summed E-state index contributed by atoms with van der Waals surface area (Å²) < 4.78 is 0. The quantitative estimate of drug-likeness (QED) is 0.848. The standard InChI is InChI=1S/C20H32N4O2/c1-16-8-5-6-11-24(16)13-12-23(4)20(26)21-15-17-9-7-10-18(14-17)19(25)22(2)3/h7,9-10,14,16H,5-6,8,11-13,15H2,1-4H3,(H,21,26)/t16-/m1/s1. The summed E-state index contributed by atoms with van der Waals surface area (Å²) in [7, 11) is 5.29. The Morgan fingerprint density at radius 1 is 1.23 bits per heavy atom. The van der Waals surface area contributed by atoms with Gasteiger partial charge in [0.05, 0.1) is 0 Å². The lowest BCUT2D eigenvalue weighted by Gasteiger charge is -2.34. The van der Waals surface area contributed by atoms with Crippen molar-refractivity contribution in [3.05, 3.63) is 35.4 Å². The second kappa shape index (κ2) is 9.57. The first-order chi connectivity index (χ1) is 12.4.